The molecule has 1 atom stereocenters. The van der Waals surface area contributed by atoms with E-state index in [2.05, 4.69) is 15.9 Å². The number of rotatable bonds is 6. The minimum Gasteiger partial charge on any atom is -0.478 e. The van der Waals surface area contributed by atoms with Gasteiger partial charge in [-0.15, -0.1) is 0 Å². The van der Waals surface area contributed by atoms with Gasteiger partial charge in [0.25, 0.3) is 0 Å². The van der Waals surface area contributed by atoms with Crippen LogP contribution in [0.25, 0.3) is 0 Å². The Bertz CT molecular complexity index is 1160. The highest BCUT2D eigenvalue weighted by Gasteiger charge is 2.42. The summed E-state index contributed by atoms with van der Waals surface area (Å²) >= 11 is 3.49. The van der Waals surface area contributed by atoms with Crippen LogP contribution in [0.2, 0.25) is 0 Å². The predicted octanol–water partition coefficient (Wildman–Crippen LogP) is 5.38. The fraction of sp³-hybridized carbons (Fsp3) is 0.154. The summed E-state index contributed by atoms with van der Waals surface area (Å²) in [5.41, 5.74) is 2.45. The molecule has 0 aliphatic carbocycles. The highest BCUT2D eigenvalue weighted by Crippen LogP contribution is 2.41. The fourth-order valence-corrected chi connectivity index (χ4v) is 4.27. The van der Waals surface area contributed by atoms with Crippen molar-refractivity contribution in [3.8, 4) is 0 Å². The third kappa shape index (κ3) is 4.64. The number of hydrogen-bond donors (Lipinski definition) is 1. The molecule has 0 saturated carbocycles. The Hall–Kier alpha value is -3.58. The number of esters is 1. The van der Waals surface area contributed by atoms with Gasteiger partial charge in [-0.3, -0.25) is 0 Å². The zero-order chi connectivity index (χ0) is 23.4. The van der Waals surface area contributed by atoms with Crippen LogP contribution in [0.1, 0.15) is 18.7 Å². The van der Waals surface area contributed by atoms with Gasteiger partial charge >= 0.3 is 11.9 Å². The van der Waals surface area contributed by atoms with E-state index in [1.54, 1.807) is 11.8 Å². The van der Waals surface area contributed by atoms with Gasteiger partial charge in [0.15, 0.2) is 0 Å². The molecule has 3 aromatic rings. The molecule has 33 heavy (non-hydrogen) atoms. The minimum absolute atomic E-state index is 0.0190. The van der Waals surface area contributed by atoms with Crippen LogP contribution < -0.4 is 9.80 Å². The fourth-order valence-electron chi connectivity index (χ4n) is 4.00. The van der Waals surface area contributed by atoms with Crippen molar-refractivity contribution in [2.24, 2.45) is 0 Å². The first kappa shape index (κ1) is 22.6. The molecule has 0 fully saturated rings. The van der Waals surface area contributed by atoms with E-state index >= 15 is 0 Å². The maximum absolute atomic E-state index is 13.2. The SMILES string of the molecule is CCOC(=O)C1=C(C(=O)O)CN(c2ccccc2)C(c2ccc(Br)cc2)N1c1ccccc1. The van der Waals surface area contributed by atoms with Gasteiger partial charge in [-0.1, -0.05) is 64.5 Å². The van der Waals surface area contributed by atoms with E-state index in [4.69, 9.17) is 4.74 Å². The van der Waals surface area contributed by atoms with Crippen LogP contribution in [0.4, 0.5) is 11.4 Å². The molecule has 168 valence electrons. The van der Waals surface area contributed by atoms with Crippen molar-refractivity contribution in [3.63, 3.8) is 0 Å². The number of anilines is 2. The van der Waals surface area contributed by atoms with Gasteiger partial charge in [-0.25, -0.2) is 9.59 Å². The highest BCUT2D eigenvalue weighted by molar-refractivity contribution is 9.10. The van der Waals surface area contributed by atoms with E-state index in [0.717, 1.165) is 15.7 Å². The van der Waals surface area contributed by atoms with Crippen molar-refractivity contribution in [2.75, 3.05) is 23.0 Å². The number of para-hydroxylation sites is 2. The lowest BCUT2D eigenvalue weighted by Crippen LogP contribution is -2.50. The lowest BCUT2D eigenvalue weighted by atomic mass is 9.99. The summed E-state index contributed by atoms with van der Waals surface area (Å²) in [6.07, 6.45) is -0.481. The predicted molar refractivity (Wildman–Crippen MR) is 131 cm³/mol. The molecular weight excluding hydrogens is 484 g/mol. The third-order valence-corrected chi connectivity index (χ3v) is 5.94. The molecule has 7 heteroatoms. The topological polar surface area (TPSA) is 70.1 Å². The number of nitrogens with zero attached hydrogens (tertiary/aromatic N) is 2. The number of halogens is 1. The molecule has 0 bridgehead atoms. The van der Waals surface area contributed by atoms with Crippen molar-refractivity contribution in [2.45, 2.75) is 13.1 Å². The number of hydrogen-bond acceptors (Lipinski definition) is 5. The molecule has 3 aromatic carbocycles. The van der Waals surface area contributed by atoms with E-state index < -0.39 is 18.1 Å². The van der Waals surface area contributed by atoms with Gasteiger partial charge in [0.05, 0.1) is 18.7 Å². The van der Waals surface area contributed by atoms with Crippen LogP contribution in [-0.2, 0) is 14.3 Å². The monoisotopic (exact) mass is 506 g/mol. The summed E-state index contributed by atoms with van der Waals surface area (Å²) < 4.78 is 6.25. The Balaban J connectivity index is 2.01. The quantitative estimate of drug-likeness (QED) is 0.452. The van der Waals surface area contributed by atoms with Crippen molar-refractivity contribution >= 4 is 39.2 Å². The molecule has 1 aliphatic rings. The molecule has 1 heterocycles. The summed E-state index contributed by atoms with van der Waals surface area (Å²) in [4.78, 5) is 29.3. The third-order valence-electron chi connectivity index (χ3n) is 5.41. The van der Waals surface area contributed by atoms with E-state index in [-0.39, 0.29) is 24.4 Å². The number of benzene rings is 3. The second kappa shape index (κ2) is 9.92. The summed E-state index contributed by atoms with van der Waals surface area (Å²) in [5, 5.41) is 10.1. The first-order valence-electron chi connectivity index (χ1n) is 10.6. The van der Waals surface area contributed by atoms with Gasteiger partial charge in [-0.05, 0) is 48.9 Å². The van der Waals surface area contributed by atoms with Crippen LogP contribution in [0.3, 0.4) is 0 Å². The van der Waals surface area contributed by atoms with Gasteiger partial charge in [0.1, 0.15) is 11.9 Å². The van der Waals surface area contributed by atoms with Gasteiger partial charge < -0.3 is 19.6 Å². The van der Waals surface area contributed by atoms with E-state index in [0.29, 0.717) is 5.69 Å². The van der Waals surface area contributed by atoms with Crippen LogP contribution in [0.5, 0.6) is 0 Å². The first-order valence-corrected chi connectivity index (χ1v) is 11.4. The van der Waals surface area contributed by atoms with Crippen LogP contribution in [0.15, 0.2) is 101 Å². The number of carbonyl (C=O) groups is 2. The first-order chi connectivity index (χ1) is 16.0. The van der Waals surface area contributed by atoms with Crippen molar-refractivity contribution in [1.82, 2.24) is 0 Å². The van der Waals surface area contributed by atoms with Crippen molar-refractivity contribution < 1.29 is 19.4 Å². The average molecular weight is 507 g/mol. The Morgan fingerprint density at radius 2 is 1.52 bits per heavy atom. The molecule has 6 nitrogen and oxygen atoms in total. The lowest BCUT2D eigenvalue weighted by molar-refractivity contribution is -0.140. The largest absolute Gasteiger partial charge is 0.478 e. The van der Waals surface area contributed by atoms with E-state index in [9.17, 15) is 14.7 Å². The Morgan fingerprint density at radius 3 is 2.06 bits per heavy atom. The smallest absolute Gasteiger partial charge is 0.355 e. The molecule has 0 radical (unpaired) electrons. The number of carbonyl (C=O) groups excluding carboxylic acids is 1. The number of ether oxygens (including phenoxy) is 1. The minimum atomic E-state index is -1.16. The highest BCUT2D eigenvalue weighted by atomic mass is 79.9. The summed E-state index contributed by atoms with van der Waals surface area (Å²) in [5.74, 6) is -1.82. The molecule has 0 spiro atoms. The second-order valence-electron chi connectivity index (χ2n) is 7.45. The molecule has 1 unspecified atom stereocenters. The van der Waals surface area contributed by atoms with Gasteiger partial charge in [0, 0.05) is 15.8 Å². The average Bonchev–Trinajstić information content (AvgIpc) is 2.84. The zero-order valence-corrected chi connectivity index (χ0v) is 19.6. The lowest BCUT2D eigenvalue weighted by Gasteiger charge is -2.46. The molecule has 0 saturated heterocycles. The second-order valence-corrected chi connectivity index (χ2v) is 8.36. The van der Waals surface area contributed by atoms with Gasteiger partial charge in [-0.2, -0.15) is 0 Å². The Kier molecular flexibility index (Phi) is 6.79. The molecule has 1 aliphatic heterocycles. The maximum Gasteiger partial charge on any atom is 0.355 e. The molecule has 0 aromatic heterocycles. The number of carboxylic acids is 1. The van der Waals surface area contributed by atoms with Gasteiger partial charge in [0.2, 0.25) is 0 Å². The maximum atomic E-state index is 13.2. The molecule has 0 amide bonds. The van der Waals surface area contributed by atoms with Crippen molar-refractivity contribution in [1.29, 1.82) is 0 Å². The van der Waals surface area contributed by atoms with E-state index in [1.165, 1.54) is 0 Å². The Morgan fingerprint density at radius 1 is 0.939 bits per heavy atom. The summed E-state index contributed by atoms with van der Waals surface area (Å²) in [6.45, 7) is 1.89. The molecule has 4 rings (SSSR count). The van der Waals surface area contributed by atoms with Crippen molar-refractivity contribution in [3.05, 3.63) is 106 Å². The van der Waals surface area contributed by atoms with Crippen LogP contribution in [-0.4, -0.2) is 30.2 Å². The summed E-state index contributed by atoms with van der Waals surface area (Å²) in [7, 11) is 0. The number of carboxylic acid groups (broad SMARTS) is 1. The Labute approximate surface area is 200 Å². The number of aliphatic carboxylic acids is 1. The normalized spacial score (nSPS) is 16.0. The van der Waals surface area contributed by atoms with E-state index in [1.807, 2.05) is 89.8 Å². The standard InChI is InChI=1S/C26H23BrN2O4/c1-2-33-26(32)23-22(25(30)31)17-28(20-9-5-3-6-10-20)24(18-13-15-19(27)16-14-18)29(23)21-11-7-4-8-12-21/h3-16,24H,2,17H2,1H3,(H,30,31). The molecule has 1 N–H and O–H groups in total. The van der Waals surface area contributed by atoms with Crippen LogP contribution in [0, 0.1) is 0 Å². The molecular formula is C26H23BrN2O4. The van der Waals surface area contributed by atoms with Crippen LogP contribution >= 0.6 is 15.9 Å². The zero-order valence-electron chi connectivity index (χ0n) is 18.0. The summed E-state index contributed by atoms with van der Waals surface area (Å²) in [6, 6.07) is 26.7.